The summed E-state index contributed by atoms with van der Waals surface area (Å²) in [4.78, 5) is 19.5. The Labute approximate surface area is 116 Å². The van der Waals surface area contributed by atoms with Gasteiger partial charge in [0, 0.05) is 12.7 Å². The molecule has 0 radical (unpaired) electrons. The largest absolute Gasteiger partial charge is 0.497 e. The van der Waals surface area contributed by atoms with E-state index in [9.17, 15) is 4.79 Å². The number of amides is 1. The highest BCUT2D eigenvalue weighted by Crippen LogP contribution is 2.18. The number of nitrogens with one attached hydrogen (secondary N) is 2. The number of hydrogen-bond donors (Lipinski definition) is 2. The molecule has 6 nitrogen and oxygen atoms in total. The number of aromatic nitrogens is 2. The van der Waals surface area contributed by atoms with E-state index < -0.39 is 0 Å². The standard InChI is InChI=1S/C14H17N3O3/c1-19-10-2-3-11-12(6-10)17-13(16-11)7-15-14(18)9-4-5-20-8-9/h2-3,6,9H,4-5,7-8H2,1H3,(H,15,18)(H,16,17)/t9-/m0/s1. The van der Waals surface area contributed by atoms with Gasteiger partial charge in [0.1, 0.15) is 11.6 Å². The molecule has 3 rings (SSSR count). The third-order valence-corrected chi connectivity index (χ3v) is 3.47. The van der Waals surface area contributed by atoms with Gasteiger partial charge >= 0.3 is 0 Å². The first kappa shape index (κ1) is 12.9. The zero-order valence-corrected chi connectivity index (χ0v) is 11.3. The fourth-order valence-electron chi connectivity index (χ4n) is 2.31. The molecule has 1 aliphatic rings. The van der Waals surface area contributed by atoms with Gasteiger partial charge in [0.25, 0.3) is 0 Å². The Morgan fingerprint density at radius 1 is 1.60 bits per heavy atom. The summed E-state index contributed by atoms with van der Waals surface area (Å²) in [6, 6.07) is 5.64. The summed E-state index contributed by atoms with van der Waals surface area (Å²) in [5, 5.41) is 2.89. The number of ether oxygens (including phenoxy) is 2. The number of carbonyl (C=O) groups excluding carboxylic acids is 1. The highest BCUT2D eigenvalue weighted by atomic mass is 16.5. The molecule has 0 aliphatic carbocycles. The summed E-state index contributed by atoms with van der Waals surface area (Å²) in [6.07, 6.45) is 0.795. The van der Waals surface area contributed by atoms with Crippen LogP contribution < -0.4 is 10.1 Å². The number of methoxy groups -OCH3 is 1. The topological polar surface area (TPSA) is 76.2 Å². The second-order valence-corrected chi connectivity index (χ2v) is 4.84. The van der Waals surface area contributed by atoms with Crippen LogP contribution in [0.2, 0.25) is 0 Å². The fourth-order valence-corrected chi connectivity index (χ4v) is 2.31. The molecule has 2 N–H and O–H groups in total. The minimum atomic E-state index is -0.0283. The van der Waals surface area contributed by atoms with E-state index in [1.165, 1.54) is 0 Å². The number of H-pyrrole nitrogens is 1. The molecule has 2 heterocycles. The van der Waals surface area contributed by atoms with Crippen molar-refractivity contribution in [2.24, 2.45) is 5.92 Å². The molecule has 0 unspecified atom stereocenters. The van der Waals surface area contributed by atoms with Crippen molar-refractivity contribution in [3.8, 4) is 5.75 Å². The van der Waals surface area contributed by atoms with Crippen molar-refractivity contribution in [3.63, 3.8) is 0 Å². The summed E-state index contributed by atoms with van der Waals surface area (Å²) in [5.41, 5.74) is 1.76. The lowest BCUT2D eigenvalue weighted by Crippen LogP contribution is -2.30. The van der Waals surface area contributed by atoms with Crippen LogP contribution in [0.4, 0.5) is 0 Å². The van der Waals surface area contributed by atoms with Gasteiger partial charge in [-0.3, -0.25) is 4.79 Å². The molecule has 6 heteroatoms. The Kier molecular flexibility index (Phi) is 3.56. The van der Waals surface area contributed by atoms with Gasteiger partial charge in [-0.2, -0.15) is 0 Å². The van der Waals surface area contributed by atoms with Crippen molar-refractivity contribution in [2.75, 3.05) is 20.3 Å². The van der Waals surface area contributed by atoms with Crippen LogP contribution in [0.3, 0.4) is 0 Å². The maximum absolute atomic E-state index is 11.9. The highest BCUT2D eigenvalue weighted by Gasteiger charge is 2.23. The molecule has 1 aromatic carbocycles. The van der Waals surface area contributed by atoms with Crippen LogP contribution in [0.1, 0.15) is 12.2 Å². The van der Waals surface area contributed by atoms with Crippen LogP contribution in [0.15, 0.2) is 18.2 Å². The van der Waals surface area contributed by atoms with Crippen LogP contribution in [-0.4, -0.2) is 36.2 Å². The minimum Gasteiger partial charge on any atom is -0.497 e. The van der Waals surface area contributed by atoms with Crippen LogP contribution >= 0.6 is 0 Å². The second-order valence-electron chi connectivity index (χ2n) is 4.84. The molecule has 1 atom stereocenters. The molecule has 0 bridgehead atoms. The van der Waals surface area contributed by atoms with Crippen molar-refractivity contribution in [1.29, 1.82) is 0 Å². The molecule has 0 saturated carbocycles. The Hall–Kier alpha value is -2.08. The first-order valence-electron chi connectivity index (χ1n) is 6.64. The number of rotatable bonds is 4. The van der Waals surface area contributed by atoms with Crippen molar-refractivity contribution < 1.29 is 14.3 Å². The summed E-state index contributed by atoms with van der Waals surface area (Å²) in [6.45, 7) is 1.58. The number of carbonyl (C=O) groups is 1. The van der Waals surface area contributed by atoms with E-state index in [0.29, 0.717) is 19.8 Å². The van der Waals surface area contributed by atoms with E-state index in [1.54, 1.807) is 7.11 Å². The Morgan fingerprint density at radius 2 is 2.50 bits per heavy atom. The van der Waals surface area contributed by atoms with E-state index in [-0.39, 0.29) is 11.8 Å². The molecule has 1 aromatic heterocycles. The van der Waals surface area contributed by atoms with Crippen LogP contribution in [0.5, 0.6) is 5.75 Å². The monoisotopic (exact) mass is 275 g/mol. The normalized spacial score (nSPS) is 18.4. The van der Waals surface area contributed by atoms with Crippen molar-refractivity contribution >= 4 is 16.9 Å². The quantitative estimate of drug-likeness (QED) is 0.879. The first-order valence-corrected chi connectivity index (χ1v) is 6.64. The Bertz CT molecular complexity index is 617. The zero-order chi connectivity index (χ0) is 13.9. The van der Waals surface area contributed by atoms with Gasteiger partial charge in [-0.05, 0) is 18.6 Å². The highest BCUT2D eigenvalue weighted by molar-refractivity contribution is 5.79. The maximum Gasteiger partial charge on any atom is 0.225 e. The number of imidazole rings is 1. The number of nitrogens with zero attached hydrogens (tertiary/aromatic N) is 1. The van der Waals surface area contributed by atoms with Crippen LogP contribution in [-0.2, 0) is 16.1 Å². The van der Waals surface area contributed by atoms with Crippen molar-refractivity contribution in [2.45, 2.75) is 13.0 Å². The molecular formula is C14H17N3O3. The summed E-state index contributed by atoms with van der Waals surface area (Å²) >= 11 is 0. The third-order valence-electron chi connectivity index (χ3n) is 3.47. The van der Waals surface area contributed by atoms with Gasteiger partial charge in [-0.25, -0.2) is 4.98 Å². The zero-order valence-electron chi connectivity index (χ0n) is 11.3. The van der Waals surface area contributed by atoms with Crippen LogP contribution in [0, 0.1) is 5.92 Å². The van der Waals surface area contributed by atoms with E-state index in [2.05, 4.69) is 15.3 Å². The van der Waals surface area contributed by atoms with Gasteiger partial charge in [0.2, 0.25) is 5.91 Å². The molecule has 1 aliphatic heterocycles. The number of hydrogen-bond acceptors (Lipinski definition) is 4. The van der Waals surface area contributed by atoms with Gasteiger partial charge in [0.05, 0.1) is 37.2 Å². The molecule has 20 heavy (non-hydrogen) atoms. The van der Waals surface area contributed by atoms with E-state index in [1.807, 2.05) is 18.2 Å². The van der Waals surface area contributed by atoms with Gasteiger partial charge < -0.3 is 19.8 Å². The van der Waals surface area contributed by atoms with Gasteiger partial charge in [-0.1, -0.05) is 0 Å². The van der Waals surface area contributed by atoms with Gasteiger partial charge in [-0.15, -0.1) is 0 Å². The van der Waals surface area contributed by atoms with E-state index >= 15 is 0 Å². The molecule has 106 valence electrons. The lowest BCUT2D eigenvalue weighted by molar-refractivity contribution is -0.125. The van der Waals surface area contributed by atoms with E-state index in [0.717, 1.165) is 29.0 Å². The predicted molar refractivity (Wildman–Crippen MR) is 73.4 cm³/mol. The van der Waals surface area contributed by atoms with E-state index in [4.69, 9.17) is 9.47 Å². The van der Waals surface area contributed by atoms with Gasteiger partial charge in [0.15, 0.2) is 0 Å². The smallest absolute Gasteiger partial charge is 0.225 e. The van der Waals surface area contributed by atoms with Crippen LogP contribution in [0.25, 0.3) is 11.0 Å². The number of aromatic amines is 1. The molecule has 1 saturated heterocycles. The van der Waals surface area contributed by atoms with Crippen molar-refractivity contribution in [3.05, 3.63) is 24.0 Å². The minimum absolute atomic E-state index is 0.0283. The fraction of sp³-hybridized carbons (Fsp3) is 0.429. The second kappa shape index (κ2) is 5.50. The molecule has 1 fully saturated rings. The summed E-state index contributed by atoms with van der Waals surface area (Å²) in [5.74, 6) is 1.51. The third kappa shape index (κ3) is 2.60. The Morgan fingerprint density at radius 3 is 3.25 bits per heavy atom. The Balaban J connectivity index is 1.66. The molecule has 0 spiro atoms. The molecule has 2 aromatic rings. The number of fused-ring (bicyclic) bond motifs is 1. The SMILES string of the molecule is COc1ccc2nc(CNC(=O)[C@H]3CCOC3)[nH]c2c1. The summed E-state index contributed by atoms with van der Waals surface area (Å²) < 4.78 is 10.4. The predicted octanol–water partition coefficient (Wildman–Crippen LogP) is 1.22. The molecular weight excluding hydrogens is 258 g/mol. The lowest BCUT2D eigenvalue weighted by atomic mass is 10.1. The number of benzene rings is 1. The van der Waals surface area contributed by atoms with Crippen molar-refractivity contribution in [1.82, 2.24) is 15.3 Å². The lowest BCUT2D eigenvalue weighted by Gasteiger charge is -2.07. The first-order chi connectivity index (χ1) is 9.76. The average molecular weight is 275 g/mol. The maximum atomic E-state index is 11.9. The average Bonchev–Trinajstić information content (AvgIpc) is 3.12. The summed E-state index contributed by atoms with van der Waals surface area (Å²) in [7, 11) is 1.63. The molecule has 1 amide bonds.